The molecule has 0 spiro atoms. The Labute approximate surface area is 190 Å². The lowest BCUT2D eigenvalue weighted by Crippen LogP contribution is -2.47. The number of rotatable bonds is 9. The first-order valence-corrected chi connectivity index (χ1v) is 11.4. The lowest BCUT2D eigenvalue weighted by Gasteiger charge is -2.32. The Kier molecular flexibility index (Phi) is 8.62. The Balaban J connectivity index is 1.50. The number of nitrogens with one attached hydrogen (secondary N) is 2. The van der Waals surface area contributed by atoms with E-state index in [9.17, 15) is 9.59 Å². The van der Waals surface area contributed by atoms with Gasteiger partial charge in [0.2, 0.25) is 5.91 Å². The van der Waals surface area contributed by atoms with Crippen molar-refractivity contribution in [1.82, 2.24) is 20.5 Å². The van der Waals surface area contributed by atoms with Crippen molar-refractivity contribution in [2.45, 2.75) is 52.7 Å². The van der Waals surface area contributed by atoms with Gasteiger partial charge in [-0.2, -0.15) is 0 Å². The molecule has 2 aromatic rings. The van der Waals surface area contributed by atoms with Crippen molar-refractivity contribution in [3.05, 3.63) is 58.9 Å². The van der Waals surface area contributed by atoms with Crippen molar-refractivity contribution in [2.24, 2.45) is 0 Å². The number of ether oxygens (including phenoxy) is 1. The van der Waals surface area contributed by atoms with Crippen molar-refractivity contribution in [1.29, 1.82) is 0 Å². The highest BCUT2D eigenvalue weighted by Gasteiger charge is 2.23. The lowest BCUT2D eigenvalue weighted by atomic mass is 10.0. The molecule has 0 atom stereocenters. The molecule has 2 heterocycles. The van der Waals surface area contributed by atoms with Gasteiger partial charge in [-0.1, -0.05) is 13.0 Å². The number of carbonyl (C=O) groups excluding carboxylic acids is 2. The molecule has 7 nitrogen and oxygen atoms in total. The number of piperidine rings is 1. The smallest absolute Gasteiger partial charge is 0.251 e. The molecule has 1 aromatic heterocycles. The fourth-order valence-electron chi connectivity index (χ4n) is 3.98. The molecule has 2 amide bonds. The van der Waals surface area contributed by atoms with E-state index >= 15 is 0 Å². The first-order valence-electron chi connectivity index (χ1n) is 11.4. The van der Waals surface area contributed by atoms with Crippen LogP contribution in [0.4, 0.5) is 0 Å². The molecule has 7 heteroatoms. The van der Waals surface area contributed by atoms with E-state index < -0.39 is 0 Å². The molecule has 1 aliphatic heterocycles. The topological polar surface area (TPSA) is 83.6 Å². The minimum absolute atomic E-state index is 0.0610. The molecular formula is C25H34N4O3. The van der Waals surface area contributed by atoms with Gasteiger partial charge in [-0.05, 0) is 62.4 Å². The number of amides is 2. The van der Waals surface area contributed by atoms with Crippen LogP contribution in [0.3, 0.4) is 0 Å². The van der Waals surface area contributed by atoms with Crippen LogP contribution in [0.5, 0.6) is 5.75 Å². The van der Waals surface area contributed by atoms with Gasteiger partial charge >= 0.3 is 0 Å². The zero-order valence-electron chi connectivity index (χ0n) is 19.3. The first kappa shape index (κ1) is 23.7. The fourth-order valence-corrected chi connectivity index (χ4v) is 3.98. The summed E-state index contributed by atoms with van der Waals surface area (Å²) in [4.78, 5) is 31.0. The van der Waals surface area contributed by atoms with Gasteiger partial charge in [-0.25, -0.2) is 0 Å². The van der Waals surface area contributed by atoms with Crippen LogP contribution in [0, 0.1) is 13.8 Å². The minimum atomic E-state index is -0.0610. The summed E-state index contributed by atoms with van der Waals surface area (Å²) in [5.41, 5.74) is 3.52. The van der Waals surface area contributed by atoms with Gasteiger partial charge < -0.3 is 15.4 Å². The summed E-state index contributed by atoms with van der Waals surface area (Å²) >= 11 is 0. The molecular weight excluding hydrogens is 404 g/mol. The molecule has 1 fully saturated rings. The number of pyridine rings is 1. The highest BCUT2D eigenvalue weighted by atomic mass is 16.5. The van der Waals surface area contributed by atoms with Crippen LogP contribution >= 0.6 is 0 Å². The highest BCUT2D eigenvalue weighted by Crippen LogP contribution is 2.26. The number of hydrogen-bond donors (Lipinski definition) is 2. The first-order chi connectivity index (χ1) is 15.5. The Bertz CT molecular complexity index is 886. The summed E-state index contributed by atoms with van der Waals surface area (Å²) < 4.78 is 6.00. The van der Waals surface area contributed by atoms with E-state index in [1.807, 2.05) is 45.0 Å². The van der Waals surface area contributed by atoms with E-state index in [2.05, 4.69) is 20.5 Å². The van der Waals surface area contributed by atoms with Crippen LogP contribution in [-0.2, 0) is 11.4 Å². The van der Waals surface area contributed by atoms with E-state index in [1.54, 1.807) is 12.4 Å². The van der Waals surface area contributed by atoms with E-state index in [-0.39, 0.29) is 17.9 Å². The normalized spacial score (nSPS) is 14.7. The van der Waals surface area contributed by atoms with Crippen LogP contribution in [-0.4, -0.2) is 53.9 Å². The van der Waals surface area contributed by atoms with Crippen molar-refractivity contribution >= 4 is 11.8 Å². The van der Waals surface area contributed by atoms with Crippen LogP contribution in [0.2, 0.25) is 0 Å². The van der Waals surface area contributed by atoms with Gasteiger partial charge in [0.15, 0.2) is 0 Å². The van der Waals surface area contributed by atoms with E-state index in [1.165, 1.54) is 0 Å². The third-order valence-corrected chi connectivity index (χ3v) is 5.69. The molecule has 1 aromatic carbocycles. The molecule has 32 heavy (non-hydrogen) atoms. The molecule has 0 saturated carbocycles. The van der Waals surface area contributed by atoms with Gasteiger partial charge in [-0.3, -0.25) is 19.5 Å². The van der Waals surface area contributed by atoms with Crippen LogP contribution < -0.4 is 15.4 Å². The summed E-state index contributed by atoms with van der Waals surface area (Å²) in [7, 11) is 0. The average Bonchev–Trinajstić information content (AvgIpc) is 2.79. The molecule has 0 aliphatic carbocycles. The molecule has 0 bridgehead atoms. The summed E-state index contributed by atoms with van der Waals surface area (Å²) in [6, 6.07) is 7.75. The van der Waals surface area contributed by atoms with Crippen LogP contribution in [0.1, 0.15) is 53.2 Å². The number of carbonyl (C=O) groups is 2. The molecule has 2 N–H and O–H groups in total. The predicted molar refractivity (Wildman–Crippen MR) is 125 cm³/mol. The molecule has 1 saturated heterocycles. The summed E-state index contributed by atoms with van der Waals surface area (Å²) in [6.07, 6.45) is 6.15. The second kappa shape index (κ2) is 11.6. The fraction of sp³-hybridized carbons (Fsp3) is 0.480. The second-order valence-electron chi connectivity index (χ2n) is 8.46. The standard InChI is InChI=1S/C25H34N4O3/c1-4-9-27-23(30)16-29-11-7-22(8-12-29)28-25(31)21-13-18(2)24(19(3)14-21)32-17-20-6-5-10-26-15-20/h5-6,10,13-15,22H,4,7-9,11-12,16-17H2,1-3H3,(H,27,30)(H,28,31). The average molecular weight is 439 g/mol. The maximum Gasteiger partial charge on any atom is 0.251 e. The van der Waals surface area contributed by atoms with Crippen molar-refractivity contribution in [3.63, 3.8) is 0 Å². The summed E-state index contributed by atoms with van der Waals surface area (Å²) in [6.45, 7) is 9.18. The number of aryl methyl sites for hydroxylation is 2. The second-order valence-corrected chi connectivity index (χ2v) is 8.46. The van der Waals surface area contributed by atoms with E-state index in [0.29, 0.717) is 18.7 Å². The Morgan fingerprint density at radius 2 is 1.91 bits per heavy atom. The van der Waals surface area contributed by atoms with Crippen molar-refractivity contribution in [3.8, 4) is 5.75 Å². The lowest BCUT2D eigenvalue weighted by molar-refractivity contribution is -0.122. The van der Waals surface area contributed by atoms with Gasteiger partial charge in [0, 0.05) is 49.2 Å². The number of likely N-dealkylation sites (tertiary alicyclic amines) is 1. The minimum Gasteiger partial charge on any atom is -0.488 e. The van der Waals surface area contributed by atoms with Crippen LogP contribution in [0.15, 0.2) is 36.7 Å². The maximum absolute atomic E-state index is 12.8. The van der Waals surface area contributed by atoms with Gasteiger partial charge in [0.05, 0.1) is 6.54 Å². The SMILES string of the molecule is CCCNC(=O)CN1CCC(NC(=O)c2cc(C)c(OCc3cccnc3)c(C)c2)CC1. The Hall–Kier alpha value is -2.93. The molecule has 1 aliphatic rings. The van der Waals surface area contributed by atoms with Crippen molar-refractivity contribution in [2.75, 3.05) is 26.2 Å². The molecule has 0 unspecified atom stereocenters. The summed E-state index contributed by atoms with van der Waals surface area (Å²) in [5, 5.41) is 6.07. The summed E-state index contributed by atoms with van der Waals surface area (Å²) in [5.74, 6) is 0.820. The molecule has 3 rings (SSSR count). The predicted octanol–water partition coefficient (Wildman–Crippen LogP) is 3.00. The quantitative estimate of drug-likeness (QED) is 0.629. The maximum atomic E-state index is 12.8. The third kappa shape index (κ3) is 6.79. The zero-order valence-corrected chi connectivity index (χ0v) is 19.3. The van der Waals surface area contributed by atoms with Gasteiger partial charge in [0.1, 0.15) is 12.4 Å². The largest absolute Gasteiger partial charge is 0.488 e. The Morgan fingerprint density at radius 3 is 2.53 bits per heavy atom. The van der Waals surface area contributed by atoms with Crippen LogP contribution in [0.25, 0.3) is 0 Å². The highest BCUT2D eigenvalue weighted by molar-refractivity contribution is 5.95. The van der Waals surface area contributed by atoms with E-state index in [4.69, 9.17) is 4.74 Å². The third-order valence-electron chi connectivity index (χ3n) is 5.69. The zero-order chi connectivity index (χ0) is 22.9. The van der Waals surface area contributed by atoms with Crippen molar-refractivity contribution < 1.29 is 14.3 Å². The molecule has 0 radical (unpaired) electrons. The van der Waals surface area contributed by atoms with E-state index in [0.717, 1.165) is 61.3 Å². The van der Waals surface area contributed by atoms with Gasteiger partial charge in [-0.15, -0.1) is 0 Å². The molecule has 172 valence electrons. The van der Waals surface area contributed by atoms with Gasteiger partial charge in [0.25, 0.3) is 5.91 Å². The number of aromatic nitrogens is 1. The number of hydrogen-bond acceptors (Lipinski definition) is 5. The Morgan fingerprint density at radius 1 is 1.19 bits per heavy atom. The number of nitrogens with zero attached hydrogens (tertiary/aromatic N) is 2. The monoisotopic (exact) mass is 438 g/mol. The number of benzene rings is 1.